The minimum atomic E-state index is 0.553. The number of benzene rings is 1. The lowest BCUT2D eigenvalue weighted by Gasteiger charge is -2.30. The molecule has 1 aliphatic heterocycles. The molecule has 0 aliphatic carbocycles. The summed E-state index contributed by atoms with van der Waals surface area (Å²) in [6.45, 7) is 5.63. The molecule has 0 radical (unpaired) electrons. The molecule has 0 saturated carbocycles. The van der Waals surface area contributed by atoms with Crippen molar-refractivity contribution in [1.29, 1.82) is 0 Å². The van der Waals surface area contributed by atoms with E-state index in [1.54, 1.807) is 7.11 Å². The van der Waals surface area contributed by atoms with Gasteiger partial charge in [-0.15, -0.1) is 0 Å². The molecule has 1 unspecified atom stereocenters. The maximum atomic E-state index is 5.19. The average Bonchev–Trinajstić information content (AvgIpc) is 2.34. The van der Waals surface area contributed by atoms with Crippen molar-refractivity contribution in [3.8, 4) is 5.75 Å². The SMILES string of the molecule is COc1ccc(N2CCCCNC(C)C2)cc1. The van der Waals surface area contributed by atoms with Crippen molar-refractivity contribution in [2.75, 3.05) is 31.6 Å². The van der Waals surface area contributed by atoms with Crippen LogP contribution in [-0.4, -0.2) is 32.8 Å². The van der Waals surface area contributed by atoms with Crippen LogP contribution in [0.5, 0.6) is 5.75 Å². The molecule has 2 rings (SSSR count). The van der Waals surface area contributed by atoms with Crippen LogP contribution in [0.3, 0.4) is 0 Å². The Balaban J connectivity index is 2.06. The van der Waals surface area contributed by atoms with Crippen LogP contribution < -0.4 is 15.0 Å². The van der Waals surface area contributed by atoms with Gasteiger partial charge in [-0.05, 0) is 50.6 Å². The highest BCUT2D eigenvalue weighted by atomic mass is 16.5. The quantitative estimate of drug-likeness (QED) is 0.849. The largest absolute Gasteiger partial charge is 0.497 e. The van der Waals surface area contributed by atoms with Gasteiger partial charge in [-0.25, -0.2) is 0 Å². The standard InChI is InChI=1S/C14H22N2O/c1-12-11-16(10-4-3-9-15-12)13-5-7-14(17-2)8-6-13/h5-8,12,15H,3-4,9-11H2,1-2H3. The number of methoxy groups -OCH3 is 1. The predicted molar refractivity (Wildman–Crippen MR) is 71.9 cm³/mol. The Hall–Kier alpha value is -1.22. The van der Waals surface area contributed by atoms with Crippen molar-refractivity contribution in [2.24, 2.45) is 0 Å². The highest BCUT2D eigenvalue weighted by Crippen LogP contribution is 2.20. The number of nitrogens with zero attached hydrogens (tertiary/aromatic N) is 1. The zero-order valence-electron chi connectivity index (χ0n) is 10.8. The van der Waals surface area contributed by atoms with E-state index in [4.69, 9.17) is 4.74 Å². The Bertz CT molecular complexity index is 337. The van der Waals surface area contributed by atoms with Crippen LogP contribution in [0.25, 0.3) is 0 Å². The second kappa shape index (κ2) is 5.92. The van der Waals surface area contributed by atoms with Crippen LogP contribution in [0.15, 0.2) is 24.3 Å². The molecule has 0 aromatic heterocycles. The second-order valence-electron chi connectivity index (χ2n) is 4.71. The molecule has 3 nitrogen and oxygen atoms in total. The van der Waals surface area contributed by atoms with Crippen molar-refractivity contribution in [3.63, 3.8) is 0 Å². The molecule has 17 heavy (non-hydrogen) atoms. The van der Waals surface area contributed by atoms with Gasteiger partial charge in [0.2, 0.25) is 0 Å². The van der Waals surface area contributed by atoms with Crippen LogP contribution >= 0.6 is 0 Å². The Morgan fingerprint density at radius 3 is 2.71 bits per heavy atom. The first-order valence-corrected chi connectivity index (χ1v) is 6.42. The Morgan fingerprint density at radius 2 is 2.00 bits per heavy atom. The third-order valence-corrected chi connectivity index (χ3v) is 3.28. The van der Waals surface area contributed by atoms with Gasteiger partial charge >= 0.3 is 0 Å². The molecule has 1 N–H and O–H groups in total. The minimum absolute atomic E-state index is 0.553. The molecule has 3 heteroatoms. The molecule has 1 saturated heterocycles. The smallest absolute Gasteiger partial charge is 0.119 e. The topological polar surface area (TPSA) is 24.5 Å². The van der Waals surface area contributed by atoms with E-state index in [0.29, 0.717) is 6.04 Å². The van der Waals surface area contributed by atoms with Crippen molar-refractivity contribution in [3.05, 3.63) is 24.3 Å². The summed E-state index contributed by atoms with van der Waals surface area (Å²) < 4.78 is 5.19. The zero-order valence-corrected chi connectivity index (χ0v) is 10.8. The van der Waals surface area contributed by atoms with Crippen molar-refractivity contribution in [1.82, 2.24) is 5.32 Å². The summed E-state index contributed by atoms with van der Waals surface area (Å²) >= 11 is 0. The fourth-order valence-corrected chi connectivity index (χ4v) is 2.29. The van der Waals surface area contributed by atoms with Gasteiger partial charge in [0, 0.05) is 24.8 Å². The van der Waals surface area contributed by atoms with E-state index in [-0.39, 0.29) is 0 Å². The normalized spacial score (nSPS) is 21.8. The summed E-state index contributed by atoms with van der Waals surface area (Å²) in [4.78, 5) is 2.45. The second-order valence-corrected chi connectivity index (χ2v) is 4.71. The Labute approximate surface area is 104 Å². The molecular formula is C14H22N2O. The molecule has 0 bridgehead atoms. The van der Waals surface area contributed by atoms with Gasteiger partial charge in [0.05, 0.1) is 7.11 Å². The molecule has 1 aliphatic rings. The third kappa shape index (κ3) is 3.37. The number of hydrogen-bond donors (Lipinski definition) is 1. The summed E-state index contributed by atoms with van der Waals surface area (Å²) in [6, 6.07) is 8.91. The van der Waals surface area contributed by atoms with E-state index in [2.05, 4.69) is 29.3 Å². The third-order valence-electron chi connectivity index (χ3n) is 3.28. The number of ether oxygens (including phenoxy) is 1. The van der Waals surface area contributed by atoms with Crippen LogP contribution in [-0.2, 0) is 0 Å². The fraction of sp³-hybridized carbons (Fsp3) is 0.571. The molecule has 1 aromatic carbocycles. The number of nitrogens with one attached hydrogen (secondary N) is 1. The van der Waals surface area contributed by atoms with E-state index in [0.717, 1.165) is 25.4 Å². The van der Waals surface area contributed by atoms with Crippen molar-refractivity contribution >= 4 is 5.69 Å². The number of hydrogen-bond acceptors (Lipinski definition) is 3. The lowest BCUT2D eigenvalue weighted by Crippen LogP contribution is -2.42. The van der Waals surface area contributed by atoms with E-state index in [1.807, 2.05) is 12.1 Å². The molecule has 94 valence electrons. The minimum Gasteiger partial charge on any atom is -0.497 e. The number of rotatable bonds is 2. The van der Waals surface area contributed by atoms with Gasteiger partial charge in [0.1, 0.15) is 5.75 Å². The van der Waals surface area contributed by atoms with Crippen LogP contribution in [0.4, 0.5) is 5.69 Å². The maximum absolute atomic E-state index is 5.19. The summed E-state index contributed by atoms with van der Waals surface area (Å²) in [5.41, 5.74) is 1.29. The first kappa shape index (κ1) is 12.2. The van der Waals surface area contributed by atoms with Gasteiger partial charge in [-0.1, -0.05) is 0 Å². The molecule has 1 heterocycles. The Morgan fingerprint density at radius 1 is 1.24 bits per heavy atom. The van der Waals surface area contributed by atoms with E-state index >= 15 is 0 Å². The lowest BCUT2D eigenvalue weighted by atomic mass is 10.1. The molecule has 0 amide bonds. The maximum Gasteiger partial charge on any atom is 0.119 e. The summed E-state index contributed by atoms with van der Waals surface area (Å²) in [5, 5.41) is 3.54. The summed E-state index contributed by atoms with van der Waals surface area (Å²) in [5.74, 6) is 0.923. The van der Waals surface area contributed by atoms with E-state index in [1.165, 1.54) is 18.5 Å². The zero-order chi connectivity index (χ0) is 12.1. The monoisotopic (exact) mass is 234 g/mol. The van der Waals surface area contributed by atoms with Gasteiger partial charge in [0.15, 0.2) is 0 Å². The summed E-state index contributed by atoms with van der Waals surface area (Å²) in [7, 11) is 1.71. The lowest BCUT2D eigenvalue weighted by molar-refractivity contribution is 0.414. The molecule has 1 atom stereocenters. The van der Waals surface area contributed by atoms with Crippen LogP contribution in [0.1, 0.15) is 19.8 Å². The first-order chi connectivity index (χ1) is 8.29. The van der Waals surface area contributed by atoms with Gasteiger partial charge in [0.25, 0.3) is 0 Å². The highest BCUT2D eigenvalue weighted by molar-refractivity contribution is 5.49. The van der Waals surface area contributed by atoms with Crippen molar-refractivity contribution in [2.45, 2.75) is 25.8 Å². The fourth-order valence-electron chi connectivity index (χ4n) is 2.29. The molecule has 0 spiro atoms. The predicted octanol–water partition coefficient (Wildman–Crippen LogP) is 2.27. The van der Waals surface area contributed by atoms with Crippen LogP contribution in [0.2, 0.25) is 0 Å². The van der Waals surface area contributed by atoms with E-state index < -0.39 is 0 Å². The first-order valence-electron chi connectivity index (χ1n) is 6.42. The van der Waals surface area contributed by atoms with Gasteiger partial charge in [-0.2, -0.15) is 0 Å². The molecular weight excluding hydrogens is 212 g/mol. The summed E-state index contributed by atoms with van der Waals surface area (Å²) in [6.07, 6.45) is 2.52. The highest BCUT2D eigenvalue weighted by Gasteiger charge is 2.13. The van der Waals surface area contributed by atoms with E-state index in [9.17, 15) is 0 Å². The van der Waals surface area contributed by atoms with Crippen LogP contribution in [0, 0.1) is 0 Å². The van der Waals surface area contributed by atoms with Crippen molar-refractivity contribution < 1.29 is 4.74 Å². The van der Waals surface area contributed by atoms with Gasteiger partial charge < -0.3 is 15.0 Å². The molecule has 1 aromatic rings. The van der Waals surface area contributed by atoms with Gasteiger partial charge in [-0.3, -0.25) is 0 Å². The molecule has 1 fully saturated rings. The average molecular weight is 234 g/mol. The Kier molecular flexibility index (Phi) is 4.26. The number of anilines is 1.